The van der Waals surface area contributed by atoms with Gasteiger partial charge in [-0.3, -0.25) is 14.7 Å². The molecule has 1 aromatic carbocycles. The predicted molar refractivity (Wildman–Crippen MR) is 60.0 cm³/mol. The molecular weight excluding hydrogens is 224 g/mol. The van der Waals surface area contributed by atoms with Crippen LogP contribution < -0.4 is 10.3 Å². The summed E-state index contributed by atoms with van der Waals surface area (Å²) in [5.41, 5.74) is -0.444. The molecule has 0 aliphatic heterocycles. The quantitative estimate of drug-likeness (QED) is 0.765. The number of methoxy groups -OCH3 is 1. The van der Waals surface area contributed by atoms with E-state index in [0.717, 1.165) is 4.68 Å². The summed E-state index contributed by atoms with van der Waals surface area (Å²) in [4.78, 5) is 21.9. The summed E-state index contributed by atoms with van der Waals surface area (Å²) in [7, 11) is 1.51. The van der Waals surface area contributed by atoms with E-state index in [-0.39, 0.29) is 5.56 Å². The second kappa shape index (κ2) is 4.17. The van der Waals surface area contributed by atoms with Gasteiger partial charge in [0.25, 0.3) is 5.56 Å². The van der Waals surface area contributed by atoms with E-state index in [4.69, 9.17) is 4.74 Å². The second-order valence-corrected chi connectivity index (χ2v) is 3.33. The van der Waals surface area contributed by atoms with Gasteiger partial charge in [-0.2, -0.15) is 0 Å². The van der Waals surface area contributed by atoms with Crippen LogP contribution in [0.5, 0.6) is 11.6 Å². The van der Waals surface area contributed by atoms with Gasteiger partial charge in [-0.05, 0) is 12.1 Å². The van der Waals surface area contributed by atoms with Crippen molar-refractivity contribution in [2.45, 2.75) is 0 Å². The number of nitrogens with zero attached hydrogens (tertiary/aromatic N) is 1. The van der Waals surface area contributed by atoms with Crippen LogP contribution in [-0.4, -0.2) is 28.3 Å². The topological polar surface area (TPSA) is 84.3 Å². The van der Waals surface area contributed by atoms with Crippen LogP contribution in [0.4, 0.5) is 0 Å². The number of carbonyl (C=O) groups excluding carboxylic acids is 1. The average Bonchev–Trinajstić information content (AvgIpc) is 2.64. The number of hydrogen-bond acceptors (Lipinski definition) is 4. The van der Waals surface area contributed by atoms with Gasteiger partial charge in [0, 0.05) is 6.07 Å². The fourth-order valence-electron chi connectivity index (χ4n) is 1.48. The van der Waals surface area contributed by atoms with Gasteiger partial charge in [-0.15, -0.1) is 0 Å². The van der Waals surface area contributed by atoms with E-state index in [0.29, 0.717) is 17.7 Å². The second-order valence-electron chi connectivity index (χ2n) is 3.33. The lowest BCUT2D eigenvalue weighted by Gasteiger charge is -2.06. The highest BCUT2D eigenvalue weighted by Crippen LogP contribution is 2.20. The third-order valence-electron chi connectivity index (χ3n) is 2.34. The summed E-state index contributed by atoms with van der Waals surface area (Å²) in [5, 5.41) is 12.0. The maximum Gasteiger partial charge on any atom is 0.279 e. The lowest BCUT2D eigenvalue weighted by Crippen LogP contribution is -2.06. The van der Waals surface area contributed by atoms with Crippen molar-refractivity contribution in [1.82, 2.24) is 9.78 Å². The van der Waals surface area contributed by atoms with Gasteiger partial charge in [-0.25, -0.2) is 4.68 Å². The van der Waals surface area contributed by atoms with Crippen molar-refractivity contribution in [2.24, 2.45) is 0 Å². The first-order chi connectivity index (χ1) is 8.17. The van der Waals surface area contributed by atoms with E-state index in [1.807, 2.05) is 0 Å². The Hall–Kier alpha value is -2.50. The molecule has 6 heteroatoms. The first-order valence-corrected chi connectivity index (χ1v) is 4.81. The van der Waals surface area contributed by atoms with Gasteiger partial charge in [0.2, 0.25) is 5.88 Å². The fourth-order valence-corrected chi connectivity index (χ4v) is 1.48. The third kappa shape index (κ3) is 1.80. The lowest BCUT2D eigenvalue weighted by atomic mass is 10.3. The van der Waals surface area contributed by atoms with E-state index in [2.05, 4.69) is 5.10 Å². The van der Waals surface area contributed by atoms with Crippen molar-refractivity contribution in [3.63, 3.8) is 0 Å². The minimum Gasteiger partial charge on any atom is -0.497 e. The number of benzene rings is 1. The summed E-state index contributed by atoms with van der Waals surface area (Å²) in [5.74, 6) is 0.155. The van der Waals surface area contributed by atoms with E-state index in [9.17, 15) is 14.7 Å². The zero-order chi connectivity index (χ0) is 12.4. The average molecular weight is 234 g/mol. The molecule has 0 fully saturated rings. The number of aromatic nitrogens is 2. The molecule has 0 aliphatic carbocycles. The zero-order valence-corrected chi connectivity index (χ0v) is 9.01. The smallest absolute Gasteiger partial charge is 0.279 e. The minimum atomic E-state index is -0.639. The Kier molecular flexibility index (Phi) is 2.70. The first kappa shape index (κ1) is 11.0. The lowest BCUT2D eigenvalue weighted by molar-refractivity contribution is 0.112. The summed E-state index contributed by atoms with van der Waals surface area (Å²) >= 11 is 0. The van der Waals surface area contributed by atoms with Gasteiger partial charge in [-0.1, -0.05) is 6.07 Å². The van der Waals surface area contributed by atoms with E-state index >= 15 is 0 Å². The number of rotatable bonds is 3. The number of nitrogens with one attached hydrogen (secondary N) is 1. The highest BCUT2D eigenvalue weighted by molar-refractivity contribution is 5.77. The van der Waals surface area contributed by atoms with Crippen LogP contribution in [0.25, 0.3) is 5.69 Å². The number of carbonyl (C=O) groups is 1. The van der Waals surface area contributed by atoms with Crippen molar-refractivity contribution in [3.8, 4) is 17.3 Å². The molecule has 0 amide bonds. The molecule has 1 aromatic heterocycles. The monoisotopic (exact) mass is 234 g/mol. The predicted octanol–water partition coefficient (Wildman–Crippen LogP) is 0.692. The molecule has 2 aromatic rings. The Balaban J connectivity index is 2.60. The molecule has 2 N–H and O–H groups in total. The molecular formula is C11H10N2O4. The minimum absolute atomic E-state index is 0.298. The number of hydrogen-bond donors (Lipinski definition) is 2. The maximum absolute atomic E-state index is 11.3. The SMILES string of the molecule is COc1cccc(-n2[nH]c(=O)c(C=O)c2O)c1. The molecule has 17 heavy (non-hydrogen) atoms. The van der Waals surface area contributed by atoms with E-state index in [1.54, 1.807) is 24.3 Å². The van der Waals surface area contributed by atoms with E-state index in [1.165, 1.54) is 7.11 Å². The normalized spacial score (nSPS) is 10.2. The highest BCUT2D eigenvalue weighted by atomic mass is 16.5. The number of ether oxygens (including phenoxy) is 1. The molecule has 0 bridgehead atoms. The van der Waals surface area contributed by atoms with Crippen LogP contribution in [0.15, 0.2) is 29.1 Å². The van der Waals surface area contributed by atoms with Crippen molar-refractivity contribution < 1.29 is 14.6 Å². The Bertz CT molecular complexity index is 612. The van der Waals surface area contributed by atoms with Gasteiger partial charge in [0.05, 0.1) is 12.8 Å². The van der Waals surface area contributed by atoms with Crippen molar-refractivity contribution in [1.29, 1.82) is 0 Å². The summed E-state index contributed by atoms with van der Waals surface area (Å²) in [6.45, 7) is 0. The maximum atomic E-state index is 11.3. The number of H-pyrrole nitrogens is 1. The number of aldehydes is 1. The molecule has 0 saturated carbocycles. The molecule has 1 heterocycles. The van der Waals surface area contributed by atoms with Crippen molar-refractivity contribution in [2.75, 3.05) is 7.11 Å². The van der Waals surface area contributed by atoms with Crippen LogP contribution in [0.3, 0.4) is 0 Å². The highest BCUT2D eigenvalue weighted by Gasteiger charge is 2.14. The van der Waals surface area contributed by atoms with Gasteiger partial charge in [0.15, 0.2) is 6.29 Å². The van der Waals surface area contributed by atoms with Gasteiger partial charge in [0.1, 0.15) is 11.3 Å². The molecule has 0 spiro atoms. The third-order valence-corrected chi connectivity index (χ3v) is 2.34. The zero-order valence-electron chi connectivity index (χ0n) is 9.01. The fraction of sp³-hybridized carbons (Fsp3) is 0.0909. The summed E-state index contributed by atoms with van der Waals surface area (Å²) in [6.07, 6.45) is 0.310. The van der Waals surface area contributed by atoms with Crippen LogP contribution >= 0.6 is 0 Å². The van der Waals surface area contributed by atoms with Gasteiger partial charge >= 0.3 is 0 Å². The van der Waals surface area contributed by atoms with Crippen LogP contribution in [0.1, 0.15) is 10.4 Å². The molecule has 6 nitrogen and oxygen atoms in total. The largest absolute Gasteiger partial charge is 0.497 e. The van der Waals surface area contributed by atoms with Crippen LogP contribution in [0.2, 0.25) is 0 Å². The van der Waals surface area contributed by atoms with E-state index < -0.39 is 11.4 Å². The first-order valence-electron chi connectivity index (χ1n) is 4.81. The Morgan fingerprint density at radius 3 is 2.82 bits per heavy atom. The molecule has 0 radical (unpaired) electrons. The number of aromatic amines is 1. The molecule has 88 valence electrons. The molecule has 0 aliphatic rings. The van der Waals surface area contributed by atoms with Crippen molar-refractivity contribution in [3.05, 3.63) is 40.2 Å². The van der Waals surface area contributed by atoms with Crippen molar-refractivity contribution >= 4 is 6.29 Å². The Labute approximate surface area is 96.1 Å². The molecule has 0 unspecified atom stereocenters. The van der Waals surface area contributed by atoms with Crippen LogP contribution in [-0.2, 0) is 0 Å². The summed E-state index contributed by atoms with van der Waals surface area (Å²) in [6, 6.07) is 6.70. The summed E-state index contributed by atoms with van der Waals surface area (Å²) < 4.78 is 6.14. The Morgan fingerprint density at radius 1 is 1.47 bits per heavy atom. The molecule has 0 saturated heterocycles. The molecule has 2 rings (SSSR count). The standard InChI is InChI=1S/C11H10N2O4/c1-17-8-4-2-3-7(5-8)13-11(16)9(6-14)10(15)12-13/h2-6,16H,1H3,(H,12,15). The number of aromatic hydroxyl groups is 1. The van der Waals surface area contributed by atoms with Gasteiger partial charge < -0.3 is 9.84 Å². The van der Waals surface area contributed by atoms with Crippen LogP contribution in [0, 0.1) is 0 Å². The Morgan fingerprint density at radius 2 is 2.24 bits per heavy atom. The molecule has 0 atom stereocenters.